The lowest BCUT2D eigenvalue weighted by Crippen LogP contribution is -2.50. The number of ether oxygens (including phenoxy) is 1. The quantitative estimate of drug-likeness (QED) is 0.664. The van der Waals surface area contributed by atoms with Gasteiger partial charge in [0.15, 0.2) is 11.9 Å². The van der Waals surface area contributed by atoms with Crippen LogP contribution in [0.3, 0.4) is 0 Å². The monoisotopic (exact) mass is 293 g/mol. The van der Waals surface area contributed by atoms with E-state index in [0.717, 1.165) is 18.7 Å². The first-order valence-electron chi connectivity index (χ1n) is 6.90. The Hall–Kier alpha value is -2.15. The third kappa shape index (κ3) is 3.69. The van der Waals surface area contributed by atoms with Gasteiger partial charge in [-0.15, -0.1) is 0 Å². The third-order valence-electron chi connectivity index (χ3n) is 3.39. The number of amides is 1. The number of nitrogens with one attached hydrogen (secondary N) is 1. The average molecular weight is 293 g/mol. The van der Waals surface area contributed by atoms with Crippen LogP contribution in [0, 0.1) is 17.0 Å². The van der Waals surface area contributed by atoms with Crippen molar-refractivity contribution in [3.63, 3.8) is 0 Å². The van der Waals surface area contributed by atoms with Crippen LogP contribution >= 0.6 is 0 Å². The van der Waals surface area contributed by atoms with Crippen LogP contribution in [0.4, 0.5) is 5.69 Å². The van der Waals surface area contributed by atoms with Crippen molar-refractivity contribution < 1.29 is 14.5 Å². The molecule has 0 radical (unpaired) electrons. The number of benzene rings is 1. The van der Waals surface area contributed by atoms with Gasteiger partial charge in [0.2, 0.25) is 0 Å². The van der Waals surface area contributed by atoms with Crippen molar-refractivity contribution in [2.75, 3.05) is 26.2 Å². The molecule has 7 heteroatoms. The third-order valence-corrected chi connectivity index (χ3v) is 3.39. The largest absolute Gasteiger partial charge is 0.474 e. The smallest absolute Gasteiger partial charge is 0.310 e. The van der Waals surface area contributed by atoms with E-state index in [1.54, 1.807) is 24.0 Å². The van der Waals surface area contributed by atoms with Crippen LogP contribution < -0.4 is 10.1 Å². The SMILES string of the molecule is Cc1ccc([N+](=O)[O-])c(OC(C)C(=O)N2CCNCC2)c1. The molecule has 1 aliphatic heterocycles. The lowest BCUT2D eigenvalue weighted by atomic mass is 10.2. The molecule has 1 atom stereocenters. The highest BCUT2D eigenvalue weighted by Gasteiger charge is 2.26. The minimum Gasteiger partial charge on any atom is -0.474 e. The molecule has 2 rings (SSSR count). The summed E-state index contributed by atoms with van der Waals surface area (Å²) >= 11 is 0. The van der Waals surface area contributed by atoms with Gasteiger partial charge >= 0.3 is 5.69 Å². The van der Waals surface area contributed by atoms with Crippen LogP contribution in [0.15, 0.2) is 18.2 Å². The van der Waals surface area contributed by atoms with Crippen molar-refractivity contribution in [3.8, 4) is 5.75 Å². The molecule has 1 amide bonds. The van der Waals surface area contributed by atoms with E-state index >= 15 is 0 Å². The maximum atomic E-state index is 12.3. The van der Waals surface area contributed by atoms with Gasteiger partial charge in [-0.05, 0) is 25.5 Å². The lowest BCUT2D eigenvalue weighted by Gasteiger charge is -2.29. The first kappa shape index (κ1) is 15.2. The summed E-state index contributed by atoms with van der Waals surface area (Å²) in [6.45, 7) is 6.20. The second-order valence-electron chi connectivity index (χ2n) is 5.06. The highest BCUT2D eigenvalue weighted by molar-refractivity contribution is 5.81. The molecule has 0 spiro atoms. The van der Waals surface area contributed by atoms with Crippen molar-refractivity contribution >= 4 is 11.6 Å². The molecule has 0 aromatic heterocycles. The molecule has 1 saturated heterocycles. The van der Waals surface area contributed by atoms with E-state index in [9.17, 15) is 14.9 Å². The van der Waals surface area contributed by atoms with Crippen LogP contribution in [0.1, 0.15) is 12.5 Å². The fraction of sp³-hybridized carbons (Fsp3) is 0.500. The van der Waals surface area contributed by atoms with Gasteiger partial charge in [-0.1, -0.05) is 6.07 Å². The minimum absolute atomic E-state index is 0.124. The molecule has 1 unspecified atom stereocenters. The molecule has 0 aliphatic carbocycles. The van der Waals surface area contributed by atoms with Gasteiger partial charge in [-0.3, -0.25) is 14.9 Å². The zero-order valence-corrected chi connectivity index (χ0v) is 12.2. The van der Waals surface area contributed by atoms with Gasteiger partial charge in [0.05, 0.1) is 4.92 Å². The summed E-state index contributed by atoms with van der Waals surface area (Å²) in [5.74, 6) is -0.0108. The highest BCUT2D eigenvalue weighted by atomic mass is 16.6. The molecule has 1 fully saturated rings. The number of piperazine rings is 1. The maximum absolute atomic E-state index is 12.3. The molecule has 1 aromatic carbocycles. The average Bonchev–Trinajstić information content (AvgIpc) is 2.47. The fourth-order valence-corrected chi connectivity index (χ4v) is 2.25. The summed E-state index contributed by atoms with van der Waals surface area (Å²) in [6, 6.07) is 4.63. The number of nitrogens with zero attached hydrogens (tertiary/aromatic N) is 2. The Bertz CT molecular complexity index is 541. The summed E-state index contributed by atoms with van der Waals surface area (Å²) in [4.78, 5) is 24.5. The Morgan fingerprint density at radius 1 is 1.43 bits per heavy atom. The van der Waals surface area contributed by atoms with Crippen molar-refractivity contribution in [1.82, 2.24) is 10.2 Å². The number of nitro groups is 1. The molecule has 1 heterocycles. The van der Waals surface area contributed by atoms with Crippen molar-refractivity contribution in [3.05, 3.63) is 33.9 Å². The molecular weight excluding hydrogens is 274 g/mol. The summed E-state index contributed by atoms with van der Waals surface area (Å²) in [6.07, 6.45) is -0.747. The molecule has 1 N–H and O–H groups in total. The highest BCUT2D eigenvalue weighted by Crippen LogP contribution is 2.28. The summed E-state index contributed by atoms with van der Waals surface area (Å²) < 4.78 is 5.55. The van der Waals surface area contributed by atoms with E-state index in [2.05, 4.69) is 5.32 Å². The van der Waals surface area contributed by atoms with Crippen LogP contribution in [0.25, 0.3) is 0 Å². The second-order valence-corrected chi connectivity index (χ2v) is 5.06. The van der Waals surface area contributed by atoms with Crippen LogP contribution in [-0.4, -0.2) is 48.0 Å². The fourth-order valence-electron chi connectivity index (χ4n) is 2.25. The number of rotatable bonds is 4. The van der Waals surface area contributed by atoms with E-state index in [-0.39, 0.29) is 17.3 Å². The number of carbonyl (C=O) groups is 1. The summed E-state index contributed by atoms with van der Waals surface area (Å²) in [5, 5.41) is 14.2. The molecule has 7 nitrogen and oxygen atoms in total. The van der Waals surface area contributed by atoms with E-state index in [4.69, 9.17) is 4.74 Å². The molecule has 1 aromatic rings. The van der Waals surface area contributed by atoms with Gasteiger partial charge in [-0.2, -0.15) is 0 Å². The molecule has 21 heavy (non-hydrogen) atoms. The van der Waals surface area contributed by atoms with E-state index in [0.29, 0.717) is 13.1 Å². The van der Waals surface area contributed by atoms with Gasteiger partial charge in [0.25, 0.3) is 5.91 Å². The number of nitro benzene ring substituents is 1. The molecular formula is C14H19N3O4. The zero-order chi connectivity index (χ0) is 15.4. The molecule has 0 bridgehead atoms. The zero-order valence-electron chi connectivity index (χ0n) is 12.2. The van der Waals surface area contributed by atoms with Crippen molar-refractivity contribution in [1.29, 1.82) is 0 Å². The van der Waals surface area contributed by atoms with Gasteiger partial charge in [0.1, 0.15) is 0 Å². The minimum atomic E-state index is -0.747. The summed E-state index contributed by atoms with van der Waals surface area (Å²) in [5.41, 5.74) is 0.720. The number of hydrogen-bond acceptors (Lipinski definition) is 5. The van der Waals surface area contributed by atoms with Crippen LogP contribution in [0.5, 0.6) is 5.75 Å². The van der Waals surface area contributed by atoms with Gasteiger partial charge < -0.3 is 15.0 Å². The van der Waals surface area contributed by atoms with E-state index < -0.39 is 11.0 Å². The molecule has 114 valence electrons. The Morgan fingerprint density at radius 3 is 2.71 bits per heavy atom. The Balaban J connectivity index is 2.11. The Kier molecular flexibility index (Phi) is 4.74. The second kappa shape index (κ2) is 6.53. The maximum Gasteiger partial charge on any atom is 0.310 e. The molecule has 1 aliphatic rings. The Labute approximate surface area is 123 Å². The van der Waals surface area contributed by atoms with E-state index in [1.807, 2.05) is 6.92 Å². The number of aryl methyl sites for hydroxylation is 1. The van der Waals surface area contributed by atoms with Crippen LogP contribution in [0.2, 0.25) is 0 Å². The van der Waals surface area contributed by atoms with Crippen molar-refractivity contribution in [2.45, 2.75) is 20.0 Å². The topological polar surface area (TPSA) is 84.7 Å². The normalized spacial score (nSPS) is 16.4. The van der Waals surface area contributed by atoms with Gasteiger partial charge in [0, 0.05) is 32.2 Å². The first-order chi connectivity index (χ1) is 9.99. The van der Waals surface area contributed by atoms with E-state index in [1.165, 1.54) is 6.07 Å². The number of carbonyl (C=O) groups excluding carboxylic acids is 1. The summed E-state index contributed by atoms with van der Waals surface area (Å²) in [7, 11) is 0. The number of hydrogen-bond donors (Lipinski definition) is 1. The Morgan fingerprint density at radius 2 is 2.10 bits per heavy atom. The standard InChI is InChI=1S/C14H19N3O4/c1-10-3-4-12(17(19)20)13(9-10)21-11(2)14(18)16-7-5-15-6-8-16/h3-4,9,11,15H,5-8H2,1-2H3. The van der Waals surface area contributed by atoms with Crippen molar-refractivity contribution in [2.24, 2.45) is 0 Å². The lowest BCUT2D eigenvalue weighted by molar-refractivity contribution is -0.386. The van der Waals surface area contributed by atoms with Crippen LogP contribution in [-0.2, 0) is 4.79 Å². The predicted molar refractivity (Wildman–Crippen MR) is 77.4 cm³/mol. The predicted octanol–water partition coefficient (Wildman–Crippen LogP) is 1.10. The van der Waals surface area contributed by atoms with Gasteiger partial charge in [-0.25, -0.2) is 0 Å². The molecule has 0 saturated carbocycles. The first-order valence-corrected chi connectivity index (χ1v) is 6.90.